The molecule has 0 saturated heterocycles. The molecular formula is C79H148O17P2. The van der Waals surface area contributed by atoms with E-state index in [0.717, 1.165) is 128 Å². The molecule has 0 amide bonds. The zero-order valence-electron chi connectivity index (χ0n) is 63.0. The van der Waals surface area contributed by atoms with E-state index in [1.165, 1.54) is 180 Å². The van der Waals surface area contributed by atoms with E-state index in [0.29, 0.717) is 25.7 Å². The molecule has 0 spiro atoms. The van der Waals surface area contributed by atoms with Gasteiger partial charge >= 0.3 is 39.5 Å². The fourth-order valence-corrected chi connectivity index (χ4v) is 13.0. The smallest absolute Gasteiger partial charge is 0.462 e. The molecule has 0 bridgehead atoms. The average molecular weight is 1430 g/mol. The molecule has 0 aromatic rings. The summed E-state index contributed by atoms with van der Waals surface area (Å²) in [5.41, 5.74) is 0. The molecule has 17 nitrogen and oxygen atoms in total. The van der Waals surface area contributed by atoms with Crippen LogP contribution in [0.15, 0.2) is 36.5 Å². The molecule has 0 fully saturated rings. The third-order valence-electron chi connectivity index (χ3n) is 17.6. The van der Waals surface area contributed by atoms with Gasteiger partial charge in [0.15, 0.2) is 12.2 Å². The molecule has 0 saturated carbocycles. The summed E-state index contributed by atoms with van der Waals surface area (Å²) < 4.78 is 68.6. The van der Waals surface area contributed by atoms with Crippen molar-refractivity contribution in [2.24, 2.45) is 0 Å². The van der Waals surface area contributed by atoms with E-state index < -0.39 is 97.5 Å². The van der Waals surface area contributed by atoms with Gasteiger partial charge in [-0.15, -0.1) is 0 Å². The number of carbonyl (C=O) groups excluding carboxylic acids is 4. The molecule has 0 heterocycles. The maximum atomic E-state index is 13.1. The Kier molecular flexibility index (Phi) is 70.6. The van der Waals surface area contributed by atoms with Crippen LogP contribution in [0.25, 0.3) is 0 Å². The lowest BCUT2D eigenvalue weighted by Gasteiger charge is -2.21. The second kappa shape index (κ2) is 72.6. The van der Waals surface area contributed by atoms with Gasteiger partial charge < -0.3 is 33.8 Å². The van der Waals surface area contributed by atoms with E-state index in [4.69, 9.17) is 37.0 Å². The lowest BCUT2D eigenvalue weighted by atomic mass is 10.0. The van der Waals surface area contributed by atoms with Crippen molar-refractivity contribution in [1.29, 1.82) is 0 Å². The summed E-state index contributed by atoms with van der Waals surface area (Å²) >= 11 is 0. The third-order valence-corrected chi connectivity index (χ3v) is 19.5. The summed E-state index contributed by atoms with van der Waals surface area (Å²) in [6.07, 6.45) is 68.3. The highest BCUT2D eigenvalue weighted by Crippen LogP contribution is 2.45. The number of ether oxygens (including phenoxy) is 4. The Bertz CT molecular complexity index is 2000. The van der Waals surface area contributed by atoms with Crippen LogP contribution in [0.4, 0.5) is 0 Å². The van der Waals surface area contributed by atoms with Gasteiger partial charge in [-0.3, -0.25) is 37.3 Å². The lowest BCUT2D eigenvalue weighted by Crippen LogP contribution is -2.30. The molecule has 576 valence electrons. The zero-order valence-corrected chi connectivity index (χ0v) is 64.8. The van der Waals surface area contributed by atoms with Crippen LogP contribution in [0.5, 0.6) is 0 Å². The number of unbranched alkanes of at least 4 members (excludes halogenated alkanes) is 45. The third kappa shape index (κ3) is 71.7. The molecule has 2 unspecified atom stereocenters. The van der Waals surface area contributed by atoms with Gasteiger partial charge in [0.1, 0.15) is 19.3 Å². The molecule has 0 rings (SSSR count). The predicted octanol–water partition coefficient (Wildman–Crippen LogP) is 23.1. The Morgan fingerprint density at radius 2 is 0.500 bits per heavy atom. The molecular weight excluding hydrogens is 1280 g/mol. The summed E-state index contributed by atoms with van der Waals surface area (Å²) in [5, 5.41) is 10.6. The molecule has 19 heteroatoms. The molecule has 0 aliphatic carbocycles. The minimum absolute atomic E-state index is 0.0834. The second-order valence-corrected chi connectivity index (χ2v) is 30.3. The van der Waals surface area contributed by atoms with E-state index in [2.05, 4.69) is 64.2 Å². The number of carbonyl (C=O) groups is 4. The number of hydrogen-bond donors (Lipinski definition) is 3. The summed E-state index contributed by atoms with van der Waals surface area (Å²) in [4.78, 5) is 72.9. The molecule has 0 aromatic heterocycles. The number of aliphatic hydroxyl groups excluding tert-OH is 1. The highest BCUT2D eigenvalue weighted by atomic mass is 31.2. The quantitative estimate of drug-likeness (QED) is 0.0169. The molecule has 0 aromatic carbocycles. The highest BCUT2D eigenvalue weighted by Gasteiger charge is 2.30. The van der Waals surface area contributed by atoms with Crippen LogP contribution in [0.1, 0.15) is 387 Å². The van der Waals surface area contributed by atoms with Crippen LogP contribution in [-0.2, 0) is 65.4 Å². The predicted molar refractivity (Wildman–Crippen MR) is 400 cm³/mol. The highest BCUT2D eigenvalue weighted by molar-refractivity contribution is 7.47. The second-order valence-electron chi connectivity index (χ2n) is 27.4. The monoisotopic (exact) mass is 1430 g/mol. The Balaban J connectivity index is 5.31. The van der Waals surface area contributed by atoms with Gasteiger partial charge in [0.2, 0.25) is 0 Å². The van der Waals surface area contributed by atoms with Gasteiger partial charge in [-0.2, -0.15) is 0 Å². The van der Waals surface area contributed by atoms with Gasteiger partial charge in [0.25, 0.3) is 0 Å². The largest absolute Gasteiger partial charge is 0.472 e. The normalized spacial score (nSPS) is 14.1. The van der Waals surface area contributed by atoms with E-state index in [9.17, 15) is 43.2 Å². The molecule has 5 atom stereocenters. The summed E-state index contributed by atoms with van der Waals surface area (Å²) in [5.74, 6) is -2.15. The summed E-state index contributed by atoms with van der Waals surface area (Å²) in [6.45, 7) is 4.91. The average Bonchev–Trinajstić information content (AvgIpc) is 1.05. The Morgan fingerprint density at radius 1 is 0.286 bits per heavy atom. The van der Waals surface area contributed by atoms with Gasteiger partial charge in [0, 0.05) is 25.7 Å². The van der Waals surface area contributed by atoms with Crippen LogP contribution in [-0.4, -0.2) is 96.7 Å². The maximum absolute atomic E-state index is 13.1. The van der Waals surface area contributed by atoms with E-state index >= 15 is 0 Å². The van der Waals surface area contributed by atoms with E-state index in [1.54, 1.807) is 0 Å². The molecule has 3 N–H and O–H groups in total. The Morgan fingerprint density at radius 3 is 0.796 bits per heavy atom. The van der Waals surface area contributed by atoms with Gasteiger partial charge in [0.05, 0.1) is 26.4 Å². The number of esters is 4. The van der Waals surface area contributed by atoms with Crippen LogP contribution < -0.4 is 0 Å². The number of hydrogen-bond acceptors (Lipinski definition) is 15. The van der Waals surface area contributed by atoms with E-state index in [1.807, 2.05) is 0 Å². The fourth-order valence-electron chi connectivity index (χ4n) is 11.4. The van der Waals surface area contributed by atoms with Crippen molar-refractivity contribution in [3.63, 3.8) is 0 Å². The van der Waals surface area contributed by atoms with Crippen LogP contribution in [0, 0.1) is 0 Å². The topological polar surface area (TPSA) is 237 Å². The molecule has 0 aliphatic rings. The number of rotatable bonds is 77. The van der Waals surface area contributed by atoms with Crippen molar-refractivity contribution in [2.45, 2.75) is 406 Å². The van der Waals surface area contributed by atoms with Crippen LogP contribution in [0.2, 0.25) is 0 Å². The van der Waals surface area contributed by atoms with Crippen molar-refractivity contribution in [2.75, 3.05) is 39.6 Å². The lowest BCUT2D eigenvalue weighted by molar-refractivity contribution is -0.161. The first kappa shape index (κ1) is 95.3. The van der Waals surface area contributed by atoms with Crippen molar-refractivity contribution in [1.82, 2.24) is 0 Å². The standard InChI is InChI=1S/C79H148O17P2/c1-5-9-13-17-21-25-29-33-36-40-44-48-52-56-60-64-77(82)90-70-75(96-79(84)66-62-58-54-50-46-42-38-35-31-27-23-19-15-11-7-3)72-94-98(87,88)92-68-73(80)67-91-97(85,86)93-71-74(69-89-76(81)63-59-55-51-47-43-39-32-28-24-20-16-12-8-4)95-78(83)65-61-57-53-49-45-41-37-34-30-26-22-18-14-10-6-2/h22,26,28,32,34,37,73-75,80H,5-21,23-25,27,29-31,33,35-36,38-72H2,1-4H3,(H,85,86)(H,87,88)/b26-22-,32-28-,37-34-/t73-,74-,75-/m1/s1. The van der Waals surface area contributed by atoms with Gasteiger partial charge in [-0.1, -0.05) is 315 Å². The Labute approximate surface area is 598 Å². The molecule has 0 radical (unpaired) electrons. The minimum Gasteiger partial charge on any atom is -0.462 e. The maximum Gasteiger partial charge on any atom is 0.472 e. The minimum atomic E-state index is -4.97. The van der Waals surface area contributed by atoms with Crippen molar-refractivity contribution < 1.29 is 80.2 Å². The van der Waals surface area contributed by atoms with Crippen molar-refractivity contribution >= 4 is 39.5 Å². The van der Waals surface area contributed by atoms with Gasteiger partial charge in [-0.25, -0.2) is 9.13 Å². The Hall–Kier alpha value is -2.72. The number of allylic oxidation sites excluding steroid dienone is 6. The SMILES string of the molecule is CCCCC/C=C\C/C=C\CCCCCCCC(=O)O[C@H](COC(=O)CCCCCCC/C=C\CCCCCC)COP(=O)(O)OC[C@@H](O)COP(=O)(O)OC[C@@H](COC(=O)CCCCCCCCCCCCCCCCC)OC(=O)CCCCCCCCCCCCCCCCC. The number of phosphoric ester groups is 2. The summed E-state index contributed by atoms with van der Waals surface area (Å²) in [6, 6.07) is 0. The fraction of sp³-hybridized carbons (Fsp3) is 0.873. The number of phosphoric acid groups is 2. The van der Waals surface area contributed by atoms with E-state index in [-0.39, 0.29) is 25.7 Å². The first-order valence-corrected chi connectivity index (χ1v) is 43.2. The van der Waals surface area contributed by atoms with Crippen LogP contribution in [0.3, 0.4) is 0 Å². The first-order chi connectivity index (χ1) is 47.7. The number of aliphatic hydroxyl groups is 1. The van der Waals surface area contributed by atoms with Crippen LogP contribution >= 0.6 is 15.6 Å². The molecule has 0 aliphatic heterocycles. The summed E-state index contributed by atoms with van der Waals surface area (Å²) in [7, 11) is -9.93. The first-order valence-electron chi connectivity index (χ1n) is 40.2. The van der Waals surface area contributed by atoms with Crippen molar-refractivity contribution in [3.8, 4) is 0 Å². The molecule has 98 heavy (non-hydrogen) atoms. The van der Waals surface area contributed by atoms with Gasteiger partial charge in [-0.05, 0) is 83.5 Å². The van der Waals surface area contributed by atoms with Crippen molar-refractivity contribution in [3.05, 3.63) is 36.5 Å². The zero-order chi connectivity index (χ0) is 71.8.